The predicted octanol–water partition coefficient (Wildman–Crippen LogP) is 4.17. The fraction of sp³-hybridized carbons (Fsp3) is 0.391. The lowest BCUT2D eigenvalue weighted by atomic mass is 10.00. The number of anilines is 1. The van der Waals surface area contributed by atoms with Crippen LogP contribution in [0.1, 0.15) is 30.9 Å². The van der Waals surface area contributed by atoms with Gasteiger partial charge in [-0.05, 0) is 48.9 Å². The first kappa shape index (κ1) is 19.5. The minimum atomic E-state index is -0.461. The number of rotatable bonds is 3. The van der Waals surface area contributed by atoms with Crippen LogP contribution in [0, 0.1) is 5.82 Å². The molecule has 2 fully saturated rings. The fourth-order valence-electron chi connectivity index (χ4n) is 4.96. The molecule has 156 valence electrons. The highest BCUT2D eigenvalue weighted by molar-refractivity contribution is 6.30. The molecule has 7 heteroatoms. The van der Waals surface area contributed by atoms with Gasteiger partial charge in [-0.2, -0.15) is 0 Å². The summed E-state index contributed by atoms with van der Waals surface area (Å²) in [5.74, 6) is 0.827. The quantitative estimate of drug-likeness (QED) is 0.682. The van der Waals surface area contributed by atoms with Crippen molar-refractivity contribution in [2.45, 2.75) is 31.2 Å². The summed E-state index contributed by atoms with van der Waals surface area (Å²) in [5, 5.41) is 1.49. The number of hydrogen-bond acceptors (Lipinski definition) is 4. The third-order valence-electron chi connectivity index (χ3n) is 6.55. The highest BCUT2D eigenvalue weighted by Crippen LogP contribution is 2.37. The van der Waals surface area contributed by atoms with Gasteiger partial charge in [0.2, 0.25) is 0 Å². The van der Waals surface area contributed by atoms with Crippen molar-refractivity contribution in [3.63, 3.8) is 0 Å². The number of H-pyrrole nitrogens is 1. The Kier molecular flexibility index (Phi) is 5.21. The second kappa shape index (κ2) is 8.00. The SMILES string of the molecule is O=c1[nH]c([C@@H]2CC[C@@H](N3CCN(c4ccc(Cl)cn4)CC3)C2)cc2cccc(F)c12. The summed E-state index contributed by atoms with van der Waals surface area (Å²) in [6.45, 7) is 3.89. The highest BCUT2D eigenvalue weighted by atomic mass is 35.5. The second-order valence-electron chi connectivity index (χ2n) is 8.28. The molecule has 2 aliphatic rings. The number of pyridine rings is 2. The van der Waals surface area contributed by atoms with E-state index in [0.717, 1.165) is 57.0 Å². The summed E-state index contributed by atoms with van der Waals surface area (Å²) in [5.41, 5.74) is 0.609. The van der Waals surface area contributed by atoms with Crippen LogP contribution in [0.2, 0.25) is 5.02 Å². The van der Waals surface area contributed by atoms with E-state index in [9.17, 15) is 9.18 Å². The van der Waals surface area contributed by atoms with Crippen molar-refractivity contribution in [1.82, 2.24) is 14.9 Å². The van der Waals surface area contributed by atoms with Crippen molar-refractivity contribution in [1.29, 1.82) is 0 Å². The number of benzene rings is 1. The number of aromatic nitrogens is 2. The Balaban J connectivity index is 1.25. The Labute approximate surface area is 179 Å². The van der Waals surface area contributed by atoms with Crippen molar-refractivity contribution in [3.8, 4) is 0 Å². The maximum absolute atomic E-state index is 14.0. The summed E-state index contributed by atoms with van der Waals surface area (Å²) in [6.07, 6.45) is 4.88. The normalized spacial score (nSPS) is 22.7. The first-order chi connectivity index (χ1) is 14.6. The minimum Gasteiger partial charge on any atom is -0.354 e. The Morgan fingerprint density at radius 2 is 1.93 bits per heavy atom. The molecule has 5 nitrogen and oxygen atoms in total. The van der Waals surface area contributed by atoms with Crippen LogP contribution in [-0.4, -0.2) is 47.1 Å². The van der Waals surface area contributed by atoms with Crippen LogP contribution in [0.15, 0.2) is 47.4 Å². The van der Waals surface area contributed by atoms with Crippen LogP contribution in [-0.2, 0) is 0 Å². The number of nitrogens with one attached hydrogen (secondary N) is 1. The van der Waals surface area contributed by atoms with E-state index in [0.29, 0.717) is 22.4 Å². The average Bonchev–Trinajstić information content (AvgIpc) is 3.25. The minimum absolute atomic E-state index is 0.155. The molecule has 0 radical (unpaired) electrons. The van der Waals surface area contributed by atoms with Gasteiger partial charge in [0.05, 0.1) is 10.4 Å². The number of halogens is 2. The van der Waals surface area contributed by atoms with Gasteiger partial charge in [0, 0.05) is 50.0 Å². The van der Waals surface area contributed by atoms with Crippen LogP contribution < -0.4 is 10.5 Å². The van der Waals surface area contributed by atoms with Gasteiger partial charge in [-0.15, -0.1) is 0 Å². The van der Waals surface area contributed by atoms with E-state index in [1.54, 1.807) is 12.3 Å². The van der Waals surface area contributed by atoms with E-state index in [1.807, 2.05) is 24.3 Å². The smallest absolute Gasteiger partial charge is 0.259 e. The van der Waals surface area contributed by atoms with Gasteiger partial charge in [0.25, 0.3) is 5.56 Å². The Hall–Kier alpha value is -2.44. The summed E-state index contributed by atoms with van der Waals surface area (Å²) in [6, 6.07) is 11.1. The standard InChI is InChI=1S/C23H24ClFN4O/c24-17-5-7-21(26-14-17)29-10-8-28(9-11-29)18-6-4-15(12-18)20-13-16-2-1-3-19(25)22(16)23(30)27-20/h1-3,5,7,13-15,18H,4,6,8-12H2,(H,27,30)/t15-,18-/m1/s1. The van der Waals surface area contributed by atoms with E-state index in [1.165, 1.54) is 6.07 Å². The largest absolute Gasteiger partial charge is 0.354 e. The summed E-state index contributed by atoms with van der Waals surface area (Å²) >= 11 is 5.94. The van der Waals surface area contributed by atoms with Crippen molar-refractivity contribution in [2.75, 3.05) is 31.1 Å². The molecule has 1 aromatic carbocycles. The molecule has 3 heterocycles. The van der Waals surface area contributed by atoms with Crippen LogP contribution in [0.25, 0.3) is 10.8 Å². The van der Waals surface area contributed by atoms with E-state index in [-0.39, 0.29) is 10.9 Å². The van der Waals surface area contributed by atoms with Gasteiger partial charge in [0.15, 0.2) is 0 Å². The van der Waals surface area contributed by atoms with Crippen LogP contribution in [0.5, 0.6) is 0 Å². The summed E-state index contributed by atoms with van der Waals surface area (Å²) < 4.78 is 14.0. The van der Waals surface area contributed by atoms with Crippen LogP contribution in [0.4, 0.5) is 10.2 Å². The van der Waals surface area contributed by atoms with E-state index >= 15 is 0 Å². The third kappa shape index (κ3) is 3.70. The van der Waals surface area contributed by atoms with Crippen molar-refractivity contribution in [3.05, 3.63) is 69.5 Å². The molecule has 0 bridgehead atoms. The number of piperazine rings is 1. The van der Waals surface area contributed by atoms with E-state index in [2.05, 4.69) is 19.8 Å². The summed E-state index contributed by atoms with van der Waals surface area (Å²) in [4.78, 5) is 24.7. The Morgan fingerprint density at radius 1 is 1.10 bits per heavy atom. The molecule has 1 N–H and O–H groups in total. The molecule has 1 saturated carbocycles. The number of fused-ring (bicyclic) bond motifs is 1. The molecule has 2 aromatic heterocycles. The number of hydrogen-bond donors (Lipinski definition) is 1. The Morgan fingerprint density at radius 3 is 2.70 bits per heavy atom. The Bertz CT molecular complexity index is 1110. The molecule has 2 atom stereocenters. The van der Waals surface area contributed by atoms with Gasteiger partial charge in [0.1, 0.15) is 11.6 Å². The number of nitrogens with zero attached hydrogens (tertiary/aromatic N) is 3. The zero-order valence-corrected chi connectivity index (χ0v) is 17.4. The first-order valence-corrected chi connectivity index (χ1v) is 10.9. The highest BCUT2D eigenvalue weighted by Gasteiger charge is 2.32. The molecule has 1 aliphatic carbocycles. The molecular formula is C23H24ClFN4O. The number of aromatic amines is 1. The first-order valence-electron chi connectivity index (χ1n) is 10.5. The van der Waals surface area contributed by atoms with Gasteiger partial charge < -0.3 is 9.88 Å². The van der Waals surface area contributed by atoms with Crippen molar-refractivity contribution < 1.29 is 4.39 Å². The van der Waals surface area contributed by atoms with Gasteiger partial charge >= 0.3 is 0 Å². The zero-order valence-electron chi connectivity index (χ0n) is 16.7. The molecular weight excluding hydrogens is 403 g/mol. The lowest BCUT2D eigenvalue weighted by Gasteiger charge is -2.38. The van der Waals surface area contributed by atoms with E-state index < -0.39 is 5.82 Å². The lowest BCUT2D eigenvalue weighted by Crippen LogP contribution is -2.50. The molecule has 30 heavy (non-hydrogen) atoms. The average molecular weight is 427 g/mol. The fourth-order valence-corrected chi connectivity index (χ4v) is 5.07. The monoisotopic (exact) mass is 426 g/mol. The van der Waals surface area contributed by atoms with Gasteiger partial charge in [-0.3, -0.25) is 9.69 Å². The second-order valence-corrected chi connectivity index (χ2v) is 8.72. The molecule has 1 aliphatic heterocycles. The van der Waals surface area contributed by atoms with E-state index in [4.69, 9.17) is 11.6 Å². The molecule has 3 aromatic rings. The molecule has 0 unspecified atom stereocenters. The van der Waals surface area contributed by atoms with Gasteiger partial charge in [-0.1, -0.05) is 23.7 Å². The molecule has 0 spiro atoms. The van der Waals surface area contributed by atoms with Crippen molar-refractivity contribution >= 4 is 28.2 Å². The maximum Gasteiger partial charge on any atom is 0.259 e. The van der Waals surface area contributed by atoms with Gasteiger partial charge in [-0.25, -0.2) is 9.37 Å². The predicted molar refractivity (Wildman–Crippen MR) is 118 cm³/mol. The zero-order chi connectivity index (χ0) is 20.7. The van der Waals surface area contributed by atoms with Crippen LogP contribution in [0.3, 0.4) is 0 Å². The maximum atomic E-state index is 14.0. The molecule has 5 rings (SSSR count). The lowest BCUT2D eigenvalue weighted by molar-refractivity contribution is 0.186. The summed E-state index contributed by atoms with van der Waals surface area (Å²) in [7, 11) is 0. The van der Waals surface area contributed by atoms with Crippen LogP contribution >= 0.6 is 11.6 Å². The molecule has 1 saturated heterocycles. The topological polar surface area (TPSA) is 52.2 Å². The third-order valence-corrected chi connectivity index (χ3v) is 6.78. The molecule has 0 amide bonds. The van der Waals surface area contributed by atoms with Crippen molar-refractivity contribution in [2.24, 2.45) is 0 Å².